The summed E-state index contributed by atoms with van der Waals surface area (Å²) in [5.74, 6) is -0.351. The lowest BCUT2D eigenvalue weighted by Crippen LogP contribution is -2.07. The lowest BCUT2D eigenvalue weighted by molar-refractivity contribution is 0.623. The number of hydrogen-bond acceptors (Lipinski definition) is 2. The molecule has 2 N–H and O–H groups in total. The van der Waals surface area contributed by atoms with E-state index in [4.69, 9.17) is 11.0 Å². The molecular weight excluding hydrogens is 155 g/mol. The van der Waals surface area contributed by atoms with Crippen LogP contribution in [0.3, 0.4) is 0 Å². The molecule has 0 bridgehead atoms. The fourth-order valence-corrected chi connectivity index (χ4v) is 1.02. The first kappa shape index (κ1) is 8.69. The Morgan fingerprint density at radius 2 is 2.17 bits per heavy atom. The van der Waals surface area contributed by atoms with E-state index in [2.05, 4.69) is 0 Å². The van der Waals surface area contributed by atoms with Gasteiger partial charge in [-0.1, -0.05) is 6.07 Å². The maximum absolute atomic E-state index is 12.8. The van der Waals surface area contributed by atoms with E-state index in [1.807, 2.05) is 6.07 Å². The molecule has 12 heavy (non-hydrogen) atoms. The van der Waals surface area contributed by atoms with Crippen molar-refractivity contribution in [1.29, 1.82) is 5.26 Å². The first-order chi connectivity index (χ1) is 5.63. The SMILES string of the molecule is Cc1cc(F)cc([C@@H](N)C#N)c1. The topological polar surface area (TPSA) is 49.8 Å². The normalized spacial score (nSPS) is 12.2. The van der Waals surface area contributed by atoms with E-state index in [0.29, 0.717) is 5.56 Å². The van der Waals surface area contributed by atoms with Gasteiger partial charge in [0.1, 0.15) is 11.9 Å². The van der Waals surface area contributed by atoms with Crippen LogP contribution in [0.15, 0.2) is 18.2 Å². The fourth-order valence-electron chi connectivity index (χ4n) is 1.02. The summed E-state index contributed by atoms with van der Waals surface area (Å²) in [6.07, 6.45) is 0. The molecular formula is C9H9FN2. The Hall–Kier alpha value is -1.40. The summed E-state index contributed by atoms with van der Waals surface area (Å²) in [4.78, 5) is 0. The van der Waals surface area contributed by atoms with Gasteiger partial charge >= 0.3 is 0 Å². The van der Waals surface area contributed by atoms with Crippen LogP contribution >= 0.6 is 0 Å². The molecule has 2 nitrogen and oxygen atoms in total. The molecule has 1 atom stereocenters. The summed E-state index contributed by atoms with van der Waals surface area (Å²) in [6.45, 7) is 1.76. The molecule has 0 fully saturated rings. The molecule has 1 aromatic rings. The highest BCUT2D eigenvalue weighted by atomic mass is 19.1. The predicted molar refractivity (Wildman–Crippen MR) is 43.7 cm³/mol. The lowest BCUT2D eigenvalue weighted by Gasteiger charge is -2.03. The number of hydrogen-bond donors (Lipinski definition) is 1. The summed E-state index contributed by atoms with van der Waals surface area (Å²) in [5, 5.41) is 8.47. The van der Waals surface area contributed by atoms with Crippen molar-refractivity contribution in [2.75, 3.05) is 0 Å². The number of nitrogens with two attached hydrogens (primary N) is 1. The Bertz CT molecular complexity index is 308. The maximum atomic E-state index is 12.8. The van der Waals surface area contributed by atoms with E-state index >= 15 is 0 Å². The molecule has 0 spiro atoms. The van der Waals surface area contributed by atoms with Crippen molar-refractivity contribution in [3.05, 3.63) is 35.1 Å². The fraction of sp³-hybridized carbons (Fsp3) is 0.222. The highest BCUT2D eigenvalue weighted by Crippen LogP contribution is 2.13. The van der Waals surface area contributed by atoms with Gasteiger partial charge in [-0.2, -0.15) is 5.26 Å². The second kappa shape index (κ2) is 3.33. The quantitative estimate of drug-likeness (QED) is 0.686. The van der Waals surface area contributed by atoms with Crippen molar-refractivity contribution in [2.45, 2.75) is 13.0 Å². The third kappa shape index (κ3) is 1.80. The Morgan fingerprint density at radius 1 is 1.50 bits per heavy atom. The molecule has 0 aliphatic heterocycles. The Balaban J connectivity index is 3.10. The molecule has 0 saturated carbocycles. The summed E-state index contributed by atoms with van der Waals surface area (Å²) >= 11 is 0. The van der Waals surface area contributed by atoms with E-state index in [-0.39, 0.29) is 5.82 Å². The Labute approximate surface area is 70.4 Å². The van der Waals surface area contributed by atoms with Gasteiger partial charge in [-0.25, -0.2) is 4.39 Å². The molecule has 0 aliphatic carbocycles. The second-order valence-corrected chi connectivity index (χ2v) is 2.67. The first-order valence-corrected chi connectivity index (χ1v) is 3.56. The summed E-state index contributed by atoms with van der Waals surface area (Å²) in [7, 11) is 0. The van der Waals surface area contributed by atoms with Gasteiger partial charge in [0.25, 0.3) is 0 Å². The van der Waals surface area contributed by atoms with E-state index in [0.717, 1.165) is 5.56 Å². The number of nitrogens with zero attached hydrogens (tertiary/aromatic N) is 1. The van der Waals surface area contributed by atoms with Crippen LogP contribution in [0.4, 0.5) is 4.39 Å². The monoisotopic (exact) mass is 164 g/mol. The largest absolute Gasteiger partial charge is 0.312 e. The molecule has 3 heteroatoms. The van der Waals surface area contributed by atoms with Crippen molar-refractivity contribution in [3.63, 3.8) is 0 Å². The minimum atomic E-state index is -0.737. The van der Waals surface area contributed by atoms with Gasteiger partial charge in [0, 0.05) is 0 Å². The van der Waals surface area contributed by atoms with Crippen molar-refractivity contribution >= 4 is 0 Å². The van der Waals surface area contributed by atoms with Gasteiger partial charge in [0.05, 0.1) is 6.07 Å². The molecule has 0 aliphatic rings. The van der Waals surface area contributed by atoms with Gasteiger partial charge in [0.15, 0.2) is 0 Å². The van der Waals surface area contributed by atoms with Crippen LogP contribution in [-0.2, 0) is 0 Å². The molecule has 1 aromatic carbocycles. The van der Waals surface area contributed by atoms with E-state index in [1.165, 1.54) is 12.1 Å². The maximum Gasteiger partial charge on any atom is 0.123 e. The minimum Gasteiger partial charge on any atom is -0.312 e. The summed E-state index contributed by atoms with van der Waals surface area (Å²) in [5.41, 5.74) is 6.70. The zero-order valence-corrected chi connectivity index (χ0v) is 6.71. The smallest absolute Gasteiger partial charge is 0.123 e. The summed E-state index contributed by atoms with van der Waals surface area (Å²) in [6, 6.07) is 5.49. The van der Waals surface area contributed by atoms with Crippen molar-refractivity contribution in [2.24, 2.45) is 5.73 Å². The average Bonchev–Trinajstić information content (AvgIpc) is 2.01. The highest BCUT2D eigenvalue weighted by molar-refractivity contribution is 5.28. The number of benzene rings is 1. The van der Waals surface area contributed by atoms with Crippen molar-refractivity contribution in [1.82, 2.24) is 0 Å². The molecule has 0 saturated heterocycles. The van der Waals surface area contributed by atoms with Crippen LogP contribution in [0, 0.1) is 24.1 Å². The Kier molecular flexibility index (Phi) is 2.41. The van der Waals surface area contributed by atoms with Crippen LogP contribution in [0.2, 0.25) is 0 Å². The van der Waals surface area contributed by atoms with Gasteiger partial charge < -0.3 is 5.73 Å². The lowest BCUT2D eigenvalue weighted by atomic mass is 10.1. The van der Waals surface area contributed by atoms with Gasteiger partial charge in [-0.05, 0) is 30.2 Å². The molecule has 1 rings (SSSR count). The number of rotatable bonds is 1. The van der Waals surface area contributed by atoms with Crippen LogP contribution in [0.1, 0.15) is 17.2 Å². The van der Waals surface area contributed by atoms with Crippen molar-refractivity contribution < 1.29 is 4.39 Å². The third-order valence-electron chi connectivity index (χ3n) is 1.56. The minimum absolute atomic E-state index is 0.351. The zero-order valence-electron chi connectivity index (χ0n) is 6.71. The third-order valence-corrected chi connectivity index (χ3v) is 1.56. The van der Waals surface area contributed by atoms with E-state index in [9.17, 15) is 4.39 Å². The van der Waals surface area contributed by atoms with Gasteiger partial charge in [-0.15, -0.1) is 0 Å². The Morgan fingerprint density at radius 3 is 2.67 bits per heavy atom. The van der Waals surface area contributed by atoms with Crippen LogP contribution < -0.4 is 5.73 Å². The van der Waals surface area contributed by atoms with E-state index in [1.54, 1.807) is 13.0 Å². The number of aryl methyl sites for hydroxylation is 1. The number of nitriles is 1. The predicted octanol–water partition coefficient (Wildman–Crippen LogP) is 1.66. The number of halogens is 1. The first-order valence-electron chi connectivity index (χ1n) is 3.56. The van der Waals surface area contributed by atoms with Gasteiger partial charge in [0.2, 0.25) is 0 Å². The van der Waals surface area contributed by atoms with E-state index < -0.39 is 6.04 Å². The van der Waals surface area contributed by atoms with Crippen LogP contribution in [0.5, 0.6) is 0 Å². The highest BCUT2D eigenvalue weighted by Gasteiger charge is 2.05. The zero-order chi connectivity index (χ0) is 9.14. The molecule has 0 radical (unpaired) electrons. The van der Waals surface area contributed by atoms with Crippen molar-refractivity contribution in [3.8, 4) is 6.07 Å². The van der Waals surface area contributed by atoms with Gasteiger partial charge in [-0.3, -0.25) is 0 Å². The van der Waals surface area contributed by atoms with Crippen LogP contribution in [-0.4, -0.2) is 0 Å². The average molecular weight is 164 g/mol. The standard InChI is InChI=1S/C9H9FN2/c1-6-2-7(9(12)5-11)4-8(10)3-6/h2-4,9H,12H2,1H3/t9-/m0/s1. The van der Waals surface area contributed by atoms with Crippen LogP contribution in [0.25, 0.3) is 0 Å². The molecule has 0 amide bonds. The second-order valence-electron chi connectivity index (χ2n) is 2.67. The summed E-state index contributed by atoms with van der Waals surface area (Å²) < 4.78 is 12.8. The molecule has 0 unspecified atom stereocenters. The molecule has 0 aromatic heterocycles. The molecule has 62 valence electrons. The molecule has 0 heterocycles.